The molecule has 1 fully saturated rings. The summed E-state index contributed by atoms with van der Waals surface area (Å²) in [5.74, 6) is 0.00844. The topological polar surface area (TPSA) is 104 Å². The van der Waals surface area contributed by atoms with Crippen molar-refractivity contribution >= 4 is 34.7 Å². The van der Waals surface area contributed by atoms with Gasteiger partial charge >= 0.3 is 0 Å². The van der Waals surface area contributed by atoms with E-state index in [0.29, 0.717) is 40.9 Å². The number of aliphatic hydroxyl groups is 1. The summed E-state index contributed by atoms with van der Waals surface area (Å²) in [6.07, 6.45) is 0. The lowest BCUT2D eigenvalue weighted by Crippen LogP contribution is -2.29. The first-order valence-corrected chi connectivity index (χ1v) is 12.1. The van der Waals surface area contributed by atoms with E-state index >= 15 is 0 Å². The molecule has 5 rings (SSSR count). The number of carbonyl (C=O) groups is 2. The number of aliphatic hydroxyl groups excluding tert-OH is 1. The van der Waals surface area contributed by atoms with Crippen LogP contribution in [0.4, 0.5) is 5.69 Å². The van der Waals surface area contributed by atoms with Gasteiger partial charge in [-0.1, -0.05) is 23.7 Å². The molecule has 1 saturated heterocycles. The van der Waals surface area contributed by atoms with Crippen LogP contribution in [0.5, 0.6) is 28.7 Å². The van der Waals surface area contributed by atoms with Gasteiger partial charge in [-0.25, -0.2) is 0 Å². The molecule has 0 aliphatic carbocycles. The number of Topliss-reactive ketones (excluding diaryl/α,β-unsaturated/α-hetero) is 1. The zero-order valence-corrected chi connectivity index (χ0v) is 21.6. The van der Waals surface area contributed by atoms with Gasteiger partial charge in [-0.3, -0.25) is 14.5 Å². The van der Waals surface area contributed by atoms with Gasteiger partial charge in [0.25, 0.3) is 11.7 Å². The quantitative estimate of drug-likeness (QED) is 0.252. The number of ether oxygens (including phenoxy) is 5. The van der Waals surface area contributed by atoms with Crippen molar-refractivity contribution in [3.8, 4) is 28.7 Å². The highest BCUT2D eigenvalue weighted by atomic mass is 35.5. The summed E-state index contributed by atoms with van der Waals surface area (Å²) < 4.78 is 27.1. The van der Waals surface area contributed by atoms with Crippen molar-refractivity contribution in [3.63, 3.8) is 0 Å². The van der Waals surface area contributed by atoms with Crippen molar-refractivity contribution in [2.45, 2.75) is 13.0 Å². The first-order valence-electron chi connectivity index (χ1n) is 11.7. The molecule has 1 amide bonds. The van der Waals surface area contributed by atoms with Crippen molar-refractivity contribution in [2.24, 2.45) is 0 Å². The molecule has 2 aliphatic heterocycles. The second-order valence-electron chi connectivity index (χ2n) is 8.40. The minimum atomic E-state index is -0.975. The van der Waals surface area contributed by atoms with Gasteiger partial charge in [-0.05, 0) is 42.8 Å². The molecule has 0 aromatic heterocycles. The van der Waals surface area contributed by atoms with Gasteiger partial charge in [-0.15, -0.1) is 0 Å². The largest absolute Gasteiger partial charge is 0.507 e. The monoisotopic (exact) mass is 537 g/mol. The Bertz CT molecular complexity index is 1450. The first kappa shape index (κ1) is 25.3. The first-order chi connectivity index (χ1) is 18.4. The number of nitrogens with zero attached hydrogens (tertiary/aromatic N) is 1. The highest BCUT2D eigenvalue weighted by Crippen LogP contribution is 2.46. The molecule has 3 aromatic carbocycles. The van der Waals surface area contributed by atoms with Crippen molar-refractivity contribution < 1.29 is 38.4 Å². The van der Waals surface area contributed by atoms with Crippen molar-refractivity contribution in [2.75, 3.05) is 32.5 Å². The molecule has 0 saturated carbocycles. The average Bonchev–Trinajstić information content (AvgIpc) is 3.50. The molecule has 1 N–H and O–H groups in total. The van der Waals surface area contributed by atoms with Gasteiger partial charge in [0.2, 0.25) is 6.79 Å². The Balaban J connectivity index is 1.71. The summed E-state index contributed by atoms with van der Waals surface area (Å²) in [5, 5.41) is 11.7. The van der Waals surface area contributed by atoms with Crippen LogP contribution in [0.15, 0.2) is 60.2 Å². The Hall–Kier alpha value is -4.37. The summed E-state index contributed by atoms with van der Waals surface area (Å²) >= 11 is 6.34. The molecule has 2 aliphatic rings. The standard InChI is InChI=1S/C28H24ClNO8/c1-4-36-17-8-5-15(6-9-17)25-24(26(31)18-12-19(29)22(35-3)13-21(18)34-2)27(32)28(33)30(25)16-7-10-20-23(11-16)38-14-37-20/h5-13,25,31H,4,14H2,1-3H3/b26-24+. The van der Waals surface area contributed by atoms with Crippen LogP contribution in [0, 0.1) is 0 Å². The summed E-state index contributed by atoms with van der Waals surface area (Å²) in [6, 6.07) is 13.9. The summed E-state index contributed by atoms with van der Waals surface area (Å²) in [6.45, 7) is 2.40. The normalized spacial score (nSPS) is 17.6. The molecule has 196 valence electrons. The fourth-order valence-electron chi connectivity index (χ4n) is 4.55. The minimum absolute atomic E-state index is 0.0535. The maximum absolute atomic E-state index is 13.5. The van der Waals surface area contributed by atoms with Crippen LogP contribution >= 0.6 is 11.6 Å². The number of hydrogen-bond donors (Lipinski definition) is 1. The van der Waals surface area contributed by atoms with Crippen LogP contribution in [0.2, 0.25) is 5.02 Å². The zero-order chi connectivity index (χ0) is 27.0. The Morgan fingerprint density at radius 2 is 1.71 bits per heavy atom. The third kappa shape index (κ3) is 4.24. The maximum atomic E-state index is 13.5. The lowest BCUT2D eigenvalue weighted by atomic mass is 9.94. The van der Waals surface area contributed by atoms with Crippen LogP contribution in [0.3, 0.4) is 0 Å². The number of amides is 1. The molecule has 10 heteroatoms. The number of fused-ring (bicyclic) bond motifs is 1. The Morgan fingerprint density at radius 3 is 2.39 bits per heavy atom. The van der Waals surface area contributed by atoms with E-state index in [1.807, 2.05) is 6.92 Å². The molecular formula is C28H24ClNO8. The number of anilines is 1. The van der Waals surface area contributed by atoms with Crippen LogP contribution in [0.25, 0.3) is 5.76 Å². The molecule has 2 heterocycles. The number of ketones is 1. The van der Waals surface area contributed by atoms with Gasteiger partial charge in [0.1, 0.15) is 23.0 Å². The van der Waals surface area contributed by atoms with Crippen LogP contribution in [-0.4, -0.2) is 44.4 Å². The van der Waals surface area contributed by atoms with Gasteiger partial charge in [0, 0.05) is 17.8 Å². The van der Waals surface area contributed by atoms with Crippen LogP contribution in [-0.2, 0) is 9.59 Å². The van der Waals surface area contributed by atoms with E-state index in [1.54, 1.807) is 42.5 Å². The molecule has 3 aromatic rings. The summed E-state index contributed by atoms with van der Waals surface area (Å²) in [7, 11) is 2.86. The maximum Gasteiger partial charge on any atom is 0.300 e. The zero-order valence-electron chi connectivity index (χ0n) is 20.8. The second kappa shape index (κ2) is 10.2. The van der Waals surface area contributed by atoms with Gasteiger partial charge < -0.3 is 28.8 Å². The Kier molecular flexibility index (Phi) is 6.77. The third-order valence-corrected chi connectivity index (χ3v) is 6.61. The van der Waals surface area contributed by atoms with Gasteiger partial charge in [0.15, 0.2) is 11.5 Å². The SMILES string of the molecule is CCOc1ccc(C2/C(=C(\O)c3cc(Cl)c(OC)cc3OC)C(=O)C(=O)N2c2ccc3c(c2)OCO3)cc1. The van der Waals surface area contributed by atoms with E-state index in [1.165, 1.54) is 31.3 Å². The van der Waals surface area contributed by atoms with Gasteiger partial charge in [-0.2, -0.15) is 0 Å². The highest BCUT2D eigenvalue weighted by Gasteiger charge is 2.47. The average molecular weight is 538 g/mol. The molecule has 0 spiro atoms. The van der Waals surface area contributed by atoms with E-state index in [-0.39, 0.29) is 28.7 Å². The Morgan fingerprint density at radius 1 is 1.00 bits per heavy atom. The van der Waals surface area contributed by atoms with E-state index in [2.05, 4.69) is 0 Å². The van der Waals surface area contributed by atoms with E-state index in [0.717, 1.165) is 0 Å². The predicted octanol–water partition coefficient (Wildman–Crippen LogP) is 5.11. The number of benzene rings is 3. The van der Waals surface area contributed by atoms with Crippen LogP contribution in [0.1, 0.15) is 24.1 Å². The second-order valence-corrected chi connectivity index (χ2v) is 8.80. The number of carbonyl (C=O) groups excluding carboxylic acids is 2. The molecular weight excluding hydrogens is 514 g/mol. The van der Waals surface area contributed by atoms with E-state index < -0.39 is 23.5 Å². The third-order valence-electron chi connectivity index (χ3n) is 6.31. The number of halogens is 1. The lowest BCUT2D eigenvalue weighted by Gasteiger charge is -2.26. The van der Waals surface area contributed by atoms with E-state index in [4.69, 9.17) is 35.3 Å². The van der Waals surface area contributed by atoms with Crippen molar-refractivity contribution in [3.05, 3.63) is 76.3 Å². The fraction of sp³-hybridized carbons (Fsp3) is 0.214. The fourth-order valence-corrected chi connectivity index (χ4v) is 4.79. The molecule has 9 nitrogen and oxygen atoms in total. The Labute approximate surface area is 223 Å². The number of methoxy groups -OCH3 is 2. The predicted molar refractivity (Wildman–Crippen MR) is 140 cm³/mol. The minimum Gasteiger partial charge on any atom is -0.507 e. The van der Waals surface area contributed by atoms with Gasteiger partial charge in [0.05, 0.1) is 43.0 Å². The molecule has 0 bridgehead atoms. The van der Waals surface area contributed by atoms with Crippen LogP contribution < -0.4 is 28.6 Å². The number of rotatable bonds is 7. The summed E-state index contributed by atoms with van der Waals surface area (Å²) in [5.41, 5.74) is 0.980. The number of hydrogen-bond acceptors (Lipinski definition) is 8. The van der Waals surface area contributed by atoms with Crippen molar-refractivity contribution in [1.82, 2.24) is 0 Å². The lowest BCUT2D eigenvalue weighted by molar-refractivity contribution is -0.132. The smallest absolute Gasteiger partial charge is 0.300 e. The molecule has 1 unspecified atom stereocenters. The molecule has 1 atom stereocenters. The highest BCUT2D eigenvalue weighted by molar-refractivity contribution is 6.51. The molecule has 38 heavy (non-hydrogen) atoms. The van der Waals surface area contributed by atoms with Crippen molar-refractivity contribution in [1.29, 1.82) is 0 Å². The summed E-state index contributed by atoms with van der Waals surface area (Å²) in [4.78, 5) is 28.3. The molecule has 0 radical (unpaired) electrons. The van der Waals surface area contributed by atoms with E-state index in [9.17, 15) is 14.7 Å².